The van der Waals surface area contributed by atoms with Crippen LogP contribution in [0.4, 0.5) is 0 Å². The summed E-state index contributed by atoms with van der Waals surface area (Å²) in [5.74, 6) is -0.749. The number of piperidine rings is 1. The highest BCUT2D eigenvalue weighted by Crippen LogP contribution is 2.28. The van der Waals surface area contributed by atoms with Crippen LogP contribution in [0.1, 0.15) is 43.1 Å². The molecular formula is C22H25N5O2. The highest BCUT2D eigenvalue weighted by molar-refractivity contribution is 6.06. The van der Waals surface area contributed by atoms with Crippen molar-refractivity contribution in [2.75, 3.05) is 13.1 Å². The molecule has 1 fully saturated rings. The lowest BCUT2D eigenvalue weighted by Crippen LogP contribution is -2.44. The number of rotatable bonds is 4. The molecule has 29 heavy (non-hydrogen) atoms. The van der Waals surface area contributed by atoms with E-state index in [9.17, 15) is 9.59 Å². The number of aromatic nitrogens is 3. The van der Waals surface area contributed by atoms with E-state index >= 15 is 0 Å². The molecule has 0 bridgehead atoms. The number of nitrogens with zero attached hydrogens (tertiary/aromatic N) is 4. The molecule has 0 radical (unpaired) electrons. The van der Waals surface area contributed by atoms with Crippen molar-refractivity contribution in [2.24, 2.45) is 11.7 Å². The molecule has 3 aromatic rings. The number of amides is 2. The van der Waals surface area contributed by atoms with Gasteiger partial charge in [0.2, 0.25) is 5.91 Å². The number of benzene rings is 1. The molecule has 4 rings (SSSR count). The molecule has 2 aromatic heterocycles. The van der Waals surface area contributed by atoms with E-state index in [1.807, 2.05) is 54.9 Å². The Bertz CT molecular complexity index is 1060. The van der Waals surface area contributed by atoms with Gasteiger partial charge in [0.05, 0.1) is 28.8 Å². The normalized spacial score (nSPS) is 17.1. The van der Waals surface area contributed by atoms with Crippen LogP contribution < -0.4 is 5.73 Å². The second-order valence-corrected chi connectivity index (χ2v) is 7.83. The summed E-state index contributed by atoms with van der Waals surface area (Å²) in [5, 5.41) is 5.20. The Labute approximate surface area is 169 Å². The Kier molecular flexibility index (Phi) is 5.05. The van der Waals surface area contributed by atoms with Gasteiger partial charge < -0.3 is 10.6 Å². The van der Waals surface area contributed by atoms with Crippen molar-refractivity contribution in [2.45, 2.75) is 32.7 Å². The first-order valence-electron chi connectivity index (χ1n) is 9.98. The van der Waals surface area contributed by atoms with Crippen LogP contribution in [0.3, 0.4) is 0 Å². The molecule has 7 heteroatoms. The molecule has 1 unspecified atom stereocenters. The van der Waals surface area contributed by atoms with Gasteiger partial charge in [-0.1, -0.05) is 30.3 Å². The summed E-state index contributed by atoms with van der Waals surface area (Å²) in [6.45, 7) is 5.04. The van der Waals surface area contributed by atoms with Gasteiger partial charge in [-0.2, -0.15) is 5.10 Å². The van der Waals surface area contributed by atoms with Gasteiger partial charge in [-0.25, -0.2) is 9.67 Å². The predicted molar refractivity (Wildman–Crippen MR) is 111 cm³/mol. The van der Waals surface area contributed by atoms with Crippen molar-refractivity contribution in [3.63, 3.8) is 0 Å². The van der Waals surface area contributed by atoms with Crippen LogP contribution in [0.5, 0.6) is 0 Å². The van der Waals surface area contributed by atoms with Crippen molar-refractivity contribution < 1.29 is 9.59 Å². The van der Waals surface area contributed by atoms with Gasteiger partial charge in [0, 0.05) is 24.7 Å². The van der Waals surface area contributed by atoms with E-state index in [2.05, 4.69) is 5.10 Å². The largest absolute Gasteiger partial charge is 0.369 e. The van der Waals surface area contributed by atoms with Gasteiger partial charge >= 0.3 is 0 Å². The Balaban J connectivity index is 1.82. The standard InChI is InChI=1S/C22H25N5O2/c1-14(2)27-21-18(12-24-27)17(11-19(25-21)15-7-4-3-5-8-15)22(29)26-10-6-9-16(13-26)20(23)28/h3-5,7-8,11-12,14,16H,6,9-10,13H2,1-2H3,(H2,23,28). The number of likely N-dealkylation sites (tertiary alicyclic amines) is 1. The molecule has 2 N–H and O–H groups in total. The van der Waals surface area contributed by atoms with Gasteiger partial charge in [0.15, 0.2) is 5.65 Å². The molecular weight excluding hydrogens is 366 g/mol. The summed E-state index contributed by atoms with van der Waals surface area (Å²) in [6.07, 6.45) is 3.20. The van der Waals surface area contributed by atoms with E-state index in [4.69, 9.17) is 10.7 Å². The SMILES string of the molecule is CC(C)n1ncc2c(C(=O)N3CCCC(C(N)=O)C3)cc(-c3ccccc3)nc21. The van der Waals surface area contributed by atoms with Crippen LogP contribution in [0.25, 0.3) is 22.3 Å². The highest BCUT2D eigenvalue weighted by Gasteiger charge is 2.29. The van der Waals surface area contributed by atoms with Crippen LogP contribution in [0.15, 0.2) is 42.6 Å². The summed E-state index contributed by atoms with van der Waals surface area (Å²) in [6, 6.07) is 11.7. The number of hydrogen-bond donors (Lipinski definition) is 1. The monoisotopic (exact) mass is 391 g/mol. The zero-order valence-corrected chi connectivity index (χ0v) is 16.7. The average Bonchev–Trinajstić information content (AvgIpc) is 3.17. The van der Waals surface area contributed by atoms with E-state index in [-0.39, 0.29) is 23.8 Å². The highest BCUT2D eigenvalue weighted by atomic mass is 16.2. The van der Waals surface area contributed by atoms with Crippen LogP contribution in [0, 0.1) is 5.92 Å². The minimum Gasteiger partial charge on any atom is -0.369 e. The summed E-state index contributed by atoms with van der Waals surface area (Å²) in [7, 11) is 0. The van der Waals surface area contributed by atoms with E-state index < -0.39 is 0 Å². The van der Waals surface area contributed by atoms with Crippen molar-refractivity contribution in [3.8, 4) is 11.3 Å². The fraction of sp³-hybridized carbons (Fsp3) is 0.364. The lowest BCUT2D eigenvalue weighted by Gasteiger charge is -2.31. The molecule has 1 saturated heterocycles. The number of primary amides is 1. The molecule has 150 valence electrons. The number of pyridine rings is 1. The topological polar surface area (TPSA) is 94.1 Å². The molecule has 0 aliphatic carbocycles. The third-order valence-corrected chi connectivity index (χ3v) is 5.47. The molecule has 3 heterocycles. The second-order valence-electron chi connectivity index (χ2n) is 7.83. The Morgan fingerprint density at radius 3 is 2.66 bits per heavy atom. The molecule has 1 aliphatic rings. The van der Waals surface area contributed by atoms with Crippen LogP contribution in [-0.2, 0) is 4.79 Å². The zero-order valence-electron chi connectivity index (χ0n) is 16.7. The maximum Gasteiger partial charge on any atom is 0.254 e. The number of fused-ring (bicyclic) bond motifs is 1. The van der Waals surface area contributed by atoms with E-state index in [0.29, 0.717) is 24.3 Å². The number of hydrogen-bond acceptors (Lipinski definition) is 4. The van der Waals surface area contributed by atoms with E-state index in [1.165, 1.54) is 0 Å². The third kappa shape index (κ3) is 3.60. The molecule has 1 aromatic carbocycles. The summed E-state index contributed by atoms with van der Waals surface area (Å²) >= 11 is 0. The minimum absolute atomic E-state index is 0.108. The molecule has 1 atom stereocenters. The first-order chi connectivity index (χ1) is 14.0. The van der Waals surface area contributed by atoms with Crippen LogP contribution in [0.2, 0.25) is 0 Å². The molecule has 7 nitrogen and oxygen atoms in total. The van der Waals surface area contributed by atoms with Gasteiger partial charge in [-0.3, -0.25) is 9.59 Å². The summed E-state index contributed by atoms with van der Waals surface area (Å²) in [5.41, 5.74) is 8.41. The summed E-state index contributed by atoms with van der Waals surface area (Å²) < 4.78 is 1.83. The zero-order chi connectivity index (χ0) is 20.5. The average molecular weight is 391 g/mol. The first-order valence-corrected chi connectivity index (χ1v) is 9.98. The van der Waals surface area contributed by atoms with Crippen molar-refractivity contribution in [1.29, 1.82) is 0 Å². The Morgan fingerprint density at radius 2 is 1.97 bits per heavy atom. The first kappa shape index (κ1) is 19.1. The smallest absolute Gasteiger partial charge is 0.254 e. The van der Waals surface area contributed by atoms with E-state index in [0.717, 1.165) is 29.5 Å². The maximum atomic E-state index is 13.5. The van der Waals surface area contributed by atoms with Crippen LogP contribution in [-0.4, -0.2) is 44.6 Å². The van der Waals surface area contributed by atoms with Crippen LogP contribution >= 0.6 is 0 Å². The number of carbonyl (C=O) groups is 2. The predicted octanol–water partition coefficient (Wildman–Crippen LogP) is 3.02. The lowest BCUT2D eigenvalue weighted by molar-refractivity contribution is -0.123. The quantitative estimate of drug-likeness (QED) is 0.740. The van der Waals surface area contributed by atoms with Gasteiger partial charge in [0.25, 0.3) is 5.91 Å². The Hall–Kier alpha value is -3.22. The molecule has 0 saturated carbocycles. The summed E-state index contributed by atoms with van der Waals surface area (Å²) in [4.78, 5) is 31.6. The van der Waals surface area contributed by atoms with Gasteiger partial charge in [-0.15, -0.1) is 0 Å². The molecule has 1 aliphatic heterocycles. The minimum atomic E-state index is -0.347. The van der Waals surface area contributed by atoms with Gasteiger partial charge in [0.1, 0.15) is 0 Å². The third-order valence-electron chi connectivity index (χ3n) is 5.47. The lowest BCUT2D eigenvalue weighted by atomic mass is 9.96. The molecule has 0 spiro atoms. The maximum absolute atomic E-state index is 13.5. The van der Waals surface area contributed by atoms with E-state index in [1.54, 1.807) is 11.1 Å². The van der Waals surface area contributed by atoms with Crippen molar-refractivity contribution in [1.82, 2.24) is 19.7 Å². The second kappa shape index (κ2) is 7.66. The van der Waals surface area contributed by atoms with Gasteiger partial charge in [-0.05, 0) is 32.8 Å². The fourth-order valence-corrected chi connectivity index (χ4v) is 3.89. The Morgan fingerprint density at radius 1 is 1.21 bits per heavy atom. The van der Waals surface area contributed by atoms with Crippen molar-refractivity contribution in [3.05, 3.63) is 48.2 Å². The number of nitrogens with two attached hydrogens (primary N) is 1. The molecule has 2 amide bonds. The van der Waals surface area contributed by atoms with Crippen molar-refractivity contribution >= 4 is 22.8 Å². The number of carbonyl (C=O) groups excluding carboxylic acids is 2. The fourth-order valence-electron chi connectivity index (χ4n) is 3.89.